The third kappa shape index (κ3) is 3.85. The Bertz CT molecular complexity index is 525. The van der Waals surface area contributed by atoms with Crippen molar-refractivity contribution in [3.63, 3.8) is 0 Å². The second kappa shape index (κ2) is 7.37. The fourth-order valence-corrected chi connectivity index (χ4v) is 2.20. The Morgan fingerprint density at radius 2 is 1.79 bits per heavy atom. The van der Waals surface area contributed by atoms with E-state index in [0.29, 0.717) is 0 Å². The van der Waals surface area contributed by atoms with Crippen molar-refractivity contribution in [3.8, 4) is 5.75 Å². The minimum atomic E-state index is 0. The SMILES string of the molecule is CCCOc1ccc(CC(C)N)c2ccccc12.Cl. The smallest absolute Gasteiger partial charge is 0.127 e. The largest absolute Gasteiger partial charge is 0.493 e. The molecule has 1 atom stereocenters. The lowest BCUT2D eigenvalue weighted by Crippen LogP contribution is -2.17. The number of nitrogens with two attached hydrogens (primary N) is 1. The molecule has 0 amide bonds. The van der Waals surface area contributed by atoms with E-state index < -0.39 is 0 Å². The summed E-state index contributed by atoms with van der Waals surface area (Å²) in [5.41, 5.74) is 7.20. The first-order valence-electron chi connectivity index (χ1n) is 6.61. The quantitative estimate of drug-likeness (QED) is 0.900. The van der Waals surface area contributed by atoms with Crippen molar-refractivity contribution >= 4 is 23.2 Å². The van der Waals surface area contributed by atoms with Crippen molar-refractivity contribution < 1.29 is 4.74 Å². The molecule has 0 aromatic heterocycles. The third-order valence-corrected chi connectivity index (χ3v) is 2.98. The number of ether oxygens (including phenoxy) is 1. The predicted molar refractivity (Wildman–Crippen MR) is 84.3 cm³/mol. The zero-order valence-corrected chi connectivity index (χ0v) is 12.4. The molecule has 19 heavy (non-hydrogen) atoms. The van der Waals surface area contributed by atoms with Crippen LogP contribution in [0.3, 0.4) is 0 Å². The summed E-state index contributed by atoms with van der Waals surface area (Å²) in [6.07, 6.45) is 1.92. The van der Waals surface area contributed by atoms with Crippen LogP contribution in [0.25, 0.3) is 10.8 Å². The summed E-state index contributed by atoms with van der Waals surface area (Å²) in [5, 5.41) is 2.44. The van der Waals surface area contributed by atoms with Crippen LogP contribution in [0, 0.1) is 0 Å². The monoisotopic (exact) mass is 279 g/mol. The predicted octanol–water partition coefficient (Wildman–Crippen LogP) is 3.94. The number of hydrogen-bond donors (Lipinski definition) is 1. The van der Waals surface area contributed by atoms with E-state index in [0.717, 1.165) is 25.2 Å². The van der Waals surface area contributed by atoms with Gasteiger partial charge < -0.3 is 10.5 Å². The van der Waals surface area contributed by atoms with Crippen LogP contribution in [0.2, 0.25) is 0 Å². The molecule has 0 aliphatic rings. The summed E-state index contributed by atoms with van der Waals surface area (Å²) in [7, 11) is 0. The standard InChI is InChI=1S/C16H21NO.ClH/c1-3-10-18-16-9-8-13(11-12(2)17)14-6-4-5-7-15(14)16;/h4-9,12H,3,10-11,17H2,1-2H3;1H. The van der Waals surface area contributed by atoms with Crippen molar-refractivity contribution in [1.29, 1.82) is 0 Å². The fraction of sp³-hybridized carbons (Fsp3) is 0.375. The van der Waals surface area contributed by atoms with Crippen LogP contribution in [-0.4, -0.2) is 12.6 Å². The summed E-state index contributed by atoms with van der Waals surface area (Å²) < 4.78 is 5.80. The number of hydrogen-bond acceptors (Lipinski definition) is 2. The second-order valence-corrected chi connectivity index (χ2v) is 4.80. The lowest BCUT2D eigenvalue weighted by atomic mass is 9.99. The van der Waals surface area contributed by atoms with Gasteiger partial charge in [0.15, 0.2) is 0 Å². The van der Waals surface area contributed by atoms with Gasteiger partial charge >= 0.3 is 0 Å². The van der Waals surface area contributed by atoms with Crippen LogP contribution >= 0.6 is 12.4 Å². The molecule has 2 N–H and O–H groups in total. The van der Waals surface area contributed by atoms with E-state index in [9.17, 15) is 0 Å². The number of rotatable bonds is 5. The van der Waals surface area contributed by atoms with Crippen molar-refractivity contribution in [2.75, 3.05) is 6.61 Å². The molecule has 0 aliphatic heterocycles. The van der Waals surface area contributed by atoms with Gasteiger partial charge in [0.25, 0.3) is 0 Å². The molecule has 0 spiro atoms. The number of benzene rings is 2. The van der Waals surface area contributed by atoms with E-state index >= 15 is 0 Å². The van der Waals surface area contributed by atoms with Gasteiger partial charge in [0.05, 0.1) is 6.61 Å². The Kier molecular flexibility index (Phi) is 6.13. The molecule has 0 fully saturated rings. The van der Waals surface area contributed by atoms with Gasteiger partial charge in [0.2, 0.25) is 0 Å². The minimum Gasteiger partial charge on any atom is -0.493 e. The first-order valence-corrected chi connectivity index (χ1v) is 6.61. The van der Waals surface area contributed by atoms with E-state index in [-0.39, 0.29) is 18.4 Å². The molecular weight excluding hydrogens is 258 g/mol. The minimum absolute atomic E-state index is 0. The van der Waals surface area contributed by atoms with Gasteiger partial charge in [-0.3, -0.25) is 0 Å². The maximum Gasteiger partial charge on any atom is 0.127 e. The molecule has 2 rings (SSSR count). The molecule has 0 bridgehead atoms. The van der Waals surface area contributed by atoms with Gasteiger partial charge in [-0.15, -0.1) is 12.4 Å². The molecule has 2 nitrogen and oxygen atoms in total. The molecule has 0 saturated carbocycles. The maximum atomic E-state index is 5.90. The Morgan fingerprint density at radius 3 is 2.42 bits per heavy atom. The van der Waals surface area contributed by atoms with Crippen LogP contribution in [-0.2, 0) is 6.42 Å². The average Bonchev–Trinajstić information content (AvgIpc) is 2.37. The molecule has 2 aromatic rings. The van der Waals surface area contributed by atoms with Gasteiger partial charge in [-0.25, -0.2) is 0 Å². The van der Waals surface area contributed by atoms with Crippen LogP contribution in [0.5, 0.6) is 5.75 Å². The summed E-state index contributed by atoms with van der Waals surface area (Å²) >= 11 is 0. The molecule has 0 aliphatic carbocycles. The lowest BCUT2D eigenvalue weighted by molar-refractivity contribution is 0.321. The van der Waals surface area contributed by atoms with Crippen molar-refractivity contribution in [2.45, 2.75) is 32.7 Å². The van der Waals surface area contributed by atoms with Crippen LogP contribution < -0.4 is 10.5 Å². The van der Waals surface area contributed by atoms with Crippen molar-refractivity contribution in [2.24, 2.45) is 5.73 Å². The summed E-state index contributed by atoms with van der Waals surface area (Å²) in [6.45, 7) is 4.92. The van der Waals surface area contributed by atoms with E-state index in [1.807, 2.05) is 6.92 Å². The van der Waals surface area contributed by atoms with Crippen LogP contribution in [0.15, 0.2) is 36.4 Å². The van der Waals surface area contributed by atoms with Gasteiger partial charge in [0, 0.05) is 11.4 Å². The molecule has 0 heterocycles. The van der Waals surface area contributed by atoms with Crippen LogP contribution in [0.1, 0.15) is 25.8 Å². The zero-order valence-electron chi connectivity index (χ0n) is 11.6. The molecule has 3 heteroatoms. The molecule has 0 radical (unpaired) electrons. The Morgan fingerprint density at radius 1 is 1.11 bits per heavy atom. The summed E-state index contributed by atoms with van der Waals surface area (Å²) in [6, 6.07) is 12.8. The third-order valence-electron chi connectivity index (χ3n) is 2.98. The first kappa shape index (κ1) is 15.8. The fourth-order valence-electron chi connectivity index (χ4n) is 2.20. The Labute approximate surface area is 121 Å². The Balaban J connectivity index is 0.00000180. The molecule has 0 saturated heterocycles. The van der Waals surface area contributed by atoms with Gasteiger partial charge in [-0.05, 0) is 36.8 Å². The highest BCUT2D eigenvalue weighted by molar-refractivity contribution is 5.91. The summed E-state index contributed by atoms with van der Waals surface area (Å²) in [4.78, 5) is 0. The normalized spacial score (nSPS) is 11.9. The Hall–Kier alpha value is -1.25. The van der Waals surface area contributed by atoms with Crippen molar-refractivity contribution in [3.05, 3.63) is 42.0 Å². The highest BCUT2D eigenvalue weighted by Crippen LogP contribution is 2.29. The van der Waals surface area contributed by atoms with Crippen molar-refractivity contribution in [1.82, 2.24) is 0 Å². The number of halogens is 1. The first-order chi connectivity index (χ1) is 8.72. The van der Waals surface area contributed by atoms with Crippen LogP contribution in [0.4, 0.5) is 0 Å². The maximum absolute atomic E-state index is 5.90. The molecule has 1 unspecified atom stereocenters. The van der Waals surface area contributed by atoms with Gasteiger partial charge in [0.1, 0.15) is 5.75 Å². The molecule has 2 aromatic carbocycles. The molecule has 104 valence electrons. The zero-order chi connectivity index (χ0) is 13.0. The second-order valence-electron chi connectivity index (χ2n) is 4.80. The van der Waals surface area contributed by atoms with Gasteiger partial charge in [-0.1, -0.05) is 37.3 Å². The highest BCUT2D eigenvalue weighted by atomic mass is 35.5. The highest BCUT2D eigenvalue weighted by Gasteiger charge is 2.07. The van der Waals surface area contributed by atoms with E-state index in [2.05, 4.69) is 43.3 Å². The topological polar surface area (TPSA) is 35.2 Å². The average molecular weight is 280 g/mol. The summed E-state index contributed by atoms with van der Waals surface area (Å²) in [5.74, 6) is 0.973. The van der Waals surface area contributed by atoms with Gasteiger partial charge in [-0.2, -0.15) is 0 Å². The van der Waals surface area contributed by atoms with E-state index in [1.54, 1.807) is 0 Å². The molecular formula is C16H22ClNO. The lowest BCUT2D eigenvalue weighted by Gasteiger charge is -2.13. The number of fused-ring (bicyclic) bond motifs is 1. The van der Waals surface area contributed by atoms with E-state index in [4.69, 9.17) is 10.5 Å². The van der Waals surface area contributed by atoms with E-state index in [1.165, 1.54) is 16.3 Å².